The molecular weight excluding hydrogens is 300 g/mol. The predicted molar refractivity (Wildman–Crippen MR) is 96.9 cm³/mol. The molecule has 1 heterocycles. The number of aliphatic hydroxyl groups is 1. The first-order valence-electron chi connectivity index (χ1n) is 9.51. The number of nitrogens with one attached hydrogen (secondary N) is 1. The van der Waals surface area contributed by atoms with Crippen molar-refractivity contribution in [3.05, 3.63) is 35.9 Å². The van der Waals surface area contributed by atoms with Crippen LogP contribution in [0, 0.1) is 5.92 Å². The van der Waals surface area contributed by atoms with Crippen molar-refractivity contribution in [2.45, 2.75) is 57.3 Å². The van der Waals surface area contributed by atoms with Gasteiger partial charge in [-0.15, -0.1) is 0 Å². The van der Waals surface area contributed by atoms with Crippen molar-refractivity contribution in [3.63, 3.8) is 0 Å². The first-order valence-corrected chi connectivity index (χ1v) is 9.51. The molecule has 2 fully saturated rings. The van der Waals surface area contributed by atoms with Crippen LogP contribution < -0.4 is 5.32 Å². The lowest BCUT2D eigenvalue weighted by Crippen LogP contribution is -2.54. The molecule has 2 aliphatic rings. The van der Waals surface area contributed by atoms with Crippen LogP contribution in [0.5, 0.6) is 0 Å². The largest absolute Gasteiger partial charge is 0.396 e. The Morgan fingerprint density at radius 1 is 1.25 bits per heavy atom. The van der Waals surface area contributed by atoms with Crippen LogP contribution in [0.4, 0.5) is 0 Å². The summed E-state index contributed by atoms with van der Waals surface area (Å²) in [6.45, 7) is 6.31. The fraction of sp³-hybridized carbons (Fsp3) is 0.700. The summed E-state index contributed by atoms with van der Waals surface area (Å²) in [7, 11) is 0. The average molecular weight is 332 g/mol. The number of rotatable bonds is 6. The second kappa shape index (κ2) is 8.95. The Kier molecular flexibility index (Phi) is 6.67. The van der Waals surface area contributed by atoms with Gasteiger partial charge in [0.25, 0.3) is 0 Å². The number of hydrogen-bond donors (Lipinski definition) is 2. The van der Waals surface area contributed by atoms with Gasteiger partial charge in [0.2, 0.25) is 0 Å². The van der Waals surface area contributed by atoms with Gasteiger partial charge in [-0.2, -0.15) is 0 Å². The van der Waals surface area contributed by atoms with Gasteiger partial charge in [-0.1, -0.05) is 43.2 Å². The van der Waals surface area contributed by atoms with Gasteiger partial charge in [-0.25, -0.2) is 0 Å². The molecule has 2 N–H and O–H groups in total. The van der Waals surface area contributed by atoms with Crippen LogP contribution in [0.2, 0.25) is 0 Å². The van der Waals surface area contributed by atoms with Gasteiger partial charge in [0, 0.05) is 38.3 Å². The number of aliphatic hydroxyl groups excluding tert-OH is 1. The van der Waals surface area contributed by atoms with Crippen molar-refractivity contribution in [2.24, 2.45) is 5.92 Å². The van der Waals surface area contributed by atoms with E-state index < -0.39 is 0 Å². The van der Waals surface area contributed by atoms with E-state index in [1.54, 1.807) is 0 Å². The number of morpholine rings is 1. The Hall–Kier alpha value is -0.940. The maximum atomic E-state index is 9.61. The van der Waals surface area contributed by atoms with Crippen LogP contribution in [0.25, 0.3) is 0 Å². The minimum atomic E-state index is 0.226. The fourth-order valence-corrected chi connectivity index (χ4v) is 4.11. The van der Waals surface area contributed by atoms with E-state index in [2.05, 4.69) is 47.5 Å². The third-order valence-electron chi connectivity index (χ3n) is 5.60. The Morgan fingerprint density at radius 2 is 2.04 bits per heavy atom. The second-order valence-corrected chi connectivity index (χ2v) is 7.42. The summed E-state index contributed by atoms with van der Waals surface area (Å²) in [6.07, 6.45) is 5.07. The van der Waals surface area contributed by atoms with E-state index in [0.29, 0.717) is 24.6 Å². The SMILES string of the molecule is CC(NC1CCCCC1CO)C1CN(Cc2ccccc2)CCO1. The zero-order valence-corrected chi connectivity index (χ0v) is 14.9. The van der Waals surface area contributed by atoms with Crippen LogP contribution in [0.15, 0.2) is 30.3 Å². The predicted octanol–water partition coefficient (Wildman–Crippen LogP) is 2.42. The molecule has 4 unspecified atom stereocenters. The minimum Gasteiger partial charge on any atom is -0.396 e. The van der Waals surface area contributed by atoms with Crippen LogP contribution in [0.3, 0.4) is 0 Å². The Balaban J connectivity index is 1.52. The Labute approximate surface area is 146 Å². The molecule has 24 heavy (non-hydrogen) atoms. The highest BCUT2D eigenvalue weighted by Crippen LogP contribution is 2.25. The lowest BCUT2D eigenvalue weighted by Gasteiger charge is -2.39. The maximum Gasteiger partial charge on any atom is 0.0852 e. The zero-order chi connectivity index (χ0) is 16.8. The van der Waals surface area contributed by atoms with E-state index in [1.165, 1.54) is 24.8 Å². The quantitative estimate of drug-likeness (QED) is 0.840. The van der Waals surface area contributed by atoms with Gasteiger partial charge in [-0.3, -0.25) is 4.90 Å². The molecule has 1 aliphatic heterocycles. The van der Waals surface area contributed by atoms with E-state index in [-0.39, 0.29) is 6.10 Å². The fourth-order valence-electron chi connectivity index (χ4n) is 4.11. The van der Waals surface area contributed by atoms with Gasteiger partial charge in [0.05, 0.1) is 12.7 Å². The molecule has 1 saturated heterocycles. The molecule has 1 aliphatic carbocycles. The molecular formula is C20H32N2O2. The van der Waals surface area contributed by atoms with Crippen molar-refractivity contribution in [2.75, 3.05) is 26.3 Å². The Bertz CT molecular complexity index is 482. The molecule has 1 aromatic rings. The summed E-state index contributed by atoms with van der Waals surface area (Å²) in [6, 6.07) is 11.4. The van der Waals surface area contributed by atoms with Crippen LogP contribution in [-0.4, -0.2) is 54.5 Å². The van der Waals surface area contributed by atoms with Gasteiger partial charge < -0.3 is 15.2 Å². The third-order valence-corrected chi connectivity index (χ3v) is 5.60. The summed E-state index contributed by atoms with van der Waals surface area (Å²) in [5, 5.41) is 13.4. The van der Waals surface area contributed by atoms with E-state index >= 15 is 0 Å². The molecule has 134 valence electrons. The normalized spacial score (nSPS) is 30.2. The van der Waals surface area contributed by atoms with E-state index in [4.69, 9.17) is 4.74 Å². The highest BCUT2D eigenvalue weighted by atomic mass is 16.5. The number of nitrogens with zero attached hydrogens (tertiary/aromatic N) is 1. The maximum absolute atomic E-state index is 9.61. The first kappa shape index (κ1) is 17.9. The minimum absolute atomic E-state index is 0.226. The van der Waals surface area contributed by atoms with E-state index in [0.717, 1.165) is 32.7 Å². The average Bonchev–Trinajstić information content (AvgIpc) is 2.63. The van der Waals surface area contributed by atoms with Gasteiger partial charge >= 0.3 is 0 Å². The first-order chi connectivity index (χ1) is 11.8. The molecule has 1 saturated carbocycles. The smallest absolute Gasteiger partial charge is 0.0852 e. The molecule has 0 radical (unpaired) electrons. The molecule has 3 rings (SSSR count). The van der Waals surface area contributed by atoms with E-state index in [9.17, 15) is 5.11 Å². The molecule has 1 aromatic carbocycles. The number of hydrogen-bond acceptors (Lipinski definition) is 4. The van der Waals surface area contributed by atoms with Gasteiger partial charge in [0.1, 0.15) is 0 Å². The Morgan fingerprint density at radius 3 is 2.83 bits per heavy atom. The standard InChI is InChI=1S/C20H32N2O2/c1-16(21-19-10-6-5-9-18(19)15-23)20-14-22(11-12-24-20)13-17-7-3-2-4-8-17/h2-4,7-8,16,18-21,23H,5-6,9-15H2,1H3. The number of benzene rings is 1. The number of ether oxygens (including phenoxy) is 1. The summed E-state index contributed by atoms with van der Waals surface area (Å²) < 4.78 is 6.05. The summed E-state index contributed by atoms with van der Waals surface area (Å²) >= 11 is 0. The van der Waals surface area contributed by atoms with Crippen LogP contribution in [-0.2, 0) is 11.3 Å². The highest BCUT2D eigenvalue weighted by molar-refractivity contribution is 5.14. The van der Waals surface area contributed by atoms with Crippen LogP contribution >= 0.6 is 0 Å². The van der Waals surface area contributed by atoms with Gasteiger partial charge in [0.15, 0.2) is 0 Å². The molecule has 0 aromatic heterocycles. The molecule has 0 spiro atoms. The molecule has 4 heteroatoms. The summed E-state index contributed by atoms with van der Waals surface area (Å²) in [4.78, 5) is 2.49. The van der Waals surface area contributed by atoms with Gasteiger partial charge in [-0.05, 0) is 31.2 Å². The molecule has 4 atom stereocenters. The molecule has 0 bridgehead atoms. The van der Waals surface area contributed by atoms with Crippen molar-refractivity contribution >= 4 is 0 Å². The zero-order valence-electron chi connectivity index (χ0n) is 14.9. The highest BCUT2D eigenvalue weighted by Gasteiger charge is 2.30. The van der Waals surface area contributed by atoms with Crippen molar-refractivity contribution < 1.29 is 9.84 Å². The molecule has 4 nitrogen and oxygen atoms in total. The van der Waals surface area contributed by atoms with Crippen molar-refractivity contribution in [1.82, 2.24) is 10.2 Å². The monoisotopic (exact) mass is 332 g/mol. The summed E-state index contributed by atoms with van der Waals surface area (Å²) in [5.74, 6) is 0.408. The van der Waals surface area contributed by atoms with Crippen LogP contribution in [0.1, 0.15) is 38.2 Å². The summed E-state index contributed by atoms with van der Waals surface area (Å²) in [5.41, 5.74) is 1.37. The topological polar surface area (TPSA) is 44.7 Å². The lowest BCUT2D eigenvalue weighted by molar-refractivity contribution is -0.0500. The van der Waals surface area contributed by atoms with E-state index in [1.807, 2.05) is 0 Å². The third kappa shape index (κ3) is 4.79. The lowest BCUT2D eigenvalue weighted by atomic mass is 9.84. The second-order valence-electron chi connectivity index (χ2n) is 7.42. The van der Waals surface area contributed by atoms with Crippen molar-refractivity contribution in [3.8, 4) is 0 Å². The van der Waals surface area contributed by atoms with Crippen molar-refractivity contribution in [1.29, 1.82) is 0 Å². The molecule has 0 amide bonds.